The Bertz CT molecular complexity index is 1180. The molecule has 2 aromatic rings. The van der Waals surface area contributed by atoms with E-state index in [1.54, 1.807) is 49.4 Å². The van der Waals surface area contributed by atoms with Gasteiger partial charge in [-0.2, -0.15) is 0 Å². The van der Waals surface area contributed by atoms with Gasteiger partial charge in [-0.3, -0.25) is 13.9 Å². The number of carbonyl (C=O) groups is 2. The Balaban J connectivity index is 1.88. The lowest BCUT2D eigenvalue weighted by atomic mass is 9.95. The fraction of sp³-hybridized carbons (Fsp3) is 0.462. The number of aryl methyl sites for hydroxylation is 1. The molecular weight excluding hydrogens is 521 g/mol. The summed E-state index contributed by atoms with van der Waals surface area (Å²) < 4.78 is 26.3. The molecule has 10 heteroatoms. The van der Waals surface area contributed by atoms with E-state index in [9.17, 15) is 18.0 Å². The van der Waals surface area contributed by atoms with Crippen molar-refractivity contribution >= 4 is 50.7 Å². The monoisotopic (exact) mass is 553 g/mol. The summed E-state index contributed by atoms with van der Waals surface area (Å²) in [6, 6.07) is 11.1. The number of carbonyl (C=O) groups excluding carboxylic acids is 2. The third kappa shape index (κ3) is 7.60. The van der Waals surface area contributed by atoms with E-state index in [-0.39, 0.29) is 18.5 Å². The van der Waals surface area contributed by atoms with Crippen LogP contribution in [0.25, 0.3) is 0 Å². The maximum atomic E-state index is 13.6. The van der Waals surface area contributed by atoms with Crippen LogP contribution in [0.5, 0.6) is 0 Å². The number of nitrogens with zero attached hydrogens (tertiary/aromatic N) is 2. The van der Waals surface area contributed by atoms with E-state index in [4.69, 9.17) is 23.2 Å². The summed E-state index contributed by atoms with van der Waals surface area (Å²) in [6.07, 6.45) is 6.16. The number of halogens is 2. The van der Waals surface area contributed by atoms with Crippen molar-refractivity contribution in [2.75, 3.05) is 17.1 Å². The molecule has 7 nitrogen and oxygen atoms in total. The molecule has 1 N–H and O–H groups in total. The summed E-state index contributed by atoms with van der Waals surface area (Å²) in [5.74, 6) is -0.769. The fourth-order valence-electron chi connectivity index (χ4n) is 4.31. The molecule has 0 bridgehead atoms. The van der Waals surface area contributed by atoms with Crippen LogP contribution in [0.4, 0.5) is 5.69 Å². The fourth-order valence-corrected chi connectivity index (χ4v) is 5.48. The SMILES string of the molecule is Cc1ccc(N(CC(=O)N(Cc2ccc(Cl)c(Cl)c2)[C@@H](C)C(=O)NC2CCCCC2)S(C)(=O)=O)cc1. The minimum Gasteiger partial charge on any atom is -0.352 e. The van der Waals surface area contributed by atoms with Crippen LogP contribution in [0.2, 0.25) is 10.0 Å². The molecule has 1 fully saturated rings. The van der Waals surface area contributed by atoms with Gasteiger partial charge in [0.15, 0.2) is 0 Å². The molecule has 2 amide bonds. The zero-order valence-electron chi connectivity index (χ0n) is 20.8. The molecule has 0 aromatic heterocycles. The zero-order valence-corrected chi connectivity index (χ0v) is 23.2. The van der Waals surface area contributed by atoms with Gasteiger partial charge in [-0.05, 0) is 56.5 Å². The number of nitrogens with one attached hydrogen (secondary N) is 1. The summed E-state index contributed by atoms with van der Waals surface area (Å²) in [6.45, 7) is 3.18. The van der Waals surface area contributed by atoms with Gasteiger partial charge in [0.1, 0.15) is 12.6 Å². The highest BCUT2D eigenvalue weighted by molar-refractivity contribution is 7.92. The van der Waals surface area contributed by atoms with Crippen LogP contribution in [0.3, 0.4) is 0 Å². The molecule has 1 saturated carbocycles. The lowest BCUT2D eigenvalue weighted by molar-refractivity contribution is -0.139. The molecule has 1 atom stereocenters. The van der Waals surface area contributed by atoms with E-state index in [2.05, 4.69) is 5.32 Å². The Morgan fingerprint density at radius 1 is 1.03 bits per heavy atom. The summed E-state index contributed by atoms with van der Waals surface area (Å²) >= 11 is 12.2. The van der Waals surface area contributed by atoms with Crippen LogP contribution >= 0.6 is 23.2 Å². The summed E-state index contributed by atoms with van der Waals surface area (Å²) in [5, 5.41) is 3.78. The third-order valence-electron chi connectivity index (χ3n) is 6.46. The first-order chi connectivity index (χ1) is 17.0. The number of hydrogen-bond acceptors (Lipinski definition) is 4. The molecule has 2 aromatic carbocycles. The van der Waals surface area contributed by atoms with E-state index < -0.39 is 28.5 Å². The first-order valence-corrected chi connectivity index (χ1v) is 14.6. The number of benzene rings is 2. The van der Waals surface area contributed by atoms with Crippen molar-refractivity contribution in [2.24, 2.45) is 0 Å². The standard InChI is InChI=1S/C26H33Cl2N3O4S/c1-18-9-12-22(13-10-18)31(36(3,34)35)17-25(32)30(16-20-11-14-23(27)24(28)15-20)19(2)26(33)29-21-7-5-4-6-8-21/h9-15,19,21H,4-8,16-17H2,1-3H3,(H,29,33)/t19-/m0/s1. The Kier molecular flexibility index (Phi) is 9.66. The average Bonchev–Trinajstić information content (AvgIpc) is 2.83. The second-order valence-corrected chi connectivity index (χ2v) is 12.1. The number of amides is 2. The molecule has 1 aliphatic carbocycles. The highest BCUT2D eigenvalue weighted by atomic mass is 35.5. The molecule has 0 radical (unpaired) electrons. The Labute approximate surface area is 223 Å². The van der Waals surface area contributed by atoms with E-state index in [1.807, 2.05) is 6.92 Å². The highest BCUT2D eigenvalue weighted by Crippen LogP contribution is 2.25. The maximum absolute atomic E-state index is 13.6. The van der Waals surface area contributed by atoms with Crippen molar-refractivity contribution in [1.82, 2.24) is 10.2 Å². The third-order valence-corrected chi connectivity index (χ3v) is 8.34. The highest BCUT2D eigenvalue weighted by Gasteiger charge is 2.31. The molecular formula is C26H33Cl2N3O4S. The van der Waals surface area contributed by atoms with Crippen LogP contribution in [0.15, 0.2) is 42.5 Å². The van der Waals surface area contributed by atoms with E-state index in [1.165, 1.54) is 4.90 Å². The molecule has 0 aliphatic heterocycles. The van der Waals surface area contributed by atoms with Crippen LogP contribution in [-0.4, -0.2) is 50.0 Å². The van der Waals surface area contributed by atoms with Crippen molar-refractivity contribution in [1.29, 1.82) is 0 Å². The van der Waals surface area contributed by atoms with Crippen LogP contribution in [0.1, 0.15) is 50.2 Å². The van der Waals surface area contributed by atoms with Gasteiger partial charge in [0.2, 0.25) is 21.8 Å². The predicted molar refractivity (Wildman–Crippen MR) is 145 cm³/mol. The summed E-state index contributed by atoms with van der Waals surface area (Å²) in [4.78, 5) is 28.2. The van der Waals surface area contributed by atoms with Gasteiger partial charge in [-0.25, -0.2) is 8.42 Å². The van der Waals surface area contributed by atoms with Crippen LogP contribution in [-0.2, 0) is 26.2 Å². The molecule has 3 rings (SSSR count). The minimum absolute atomic E-state index is 0.0699. The summed E-state index contributed by atoms with van der Waals surface area (Å²) in [5.41, 5.74) is 2.02. The second kappa shape index (κ2) is 12.3. The van der Waals surface area contributed by atoms with Gasteiger partial charge in [0.05, 0.1) is 22.0 Å². The zero-order chi connectivity index (χ0) is 26.5. The molecule has 0 unspecified atom stereocenters. The van der Waals surface area contributed by atoms with Crippen molar-refractivity contribution in [3.8, 4) is 0 Å². The first kappa shape index (κ1) is 28.3. The van der Waals surface area contributed by atoms with E-state index in [0.29, 0.717) is 21.3 Å². The number of hydrogen-bond donors (Lipinski definition) is 1. The largest absolute Gasteiger partial charge is 0.352 e. The number of anilines is 1. The lowest BCUT2D eigenvalue weighted by Gasteiger charge is -2.33. The molecule has 196 valence electrons. The van der Waals surface area contributed by atoms with Crippen LogP contribution in [0, 0.1) is 6.92 Å². The van der Waals surface area contributed by atoms with Gasteiger partial charge < -0.3 is 10.2 Å². The molecule has 0 heterocycles. The van der Waals surface area contributed by atoms with Gasteiger partial charge in [-0.15, -0.1) is 0 Å². The molecule has 0 saturated heterocycles. The second-order valence-electron chi connectivity index (χ2n) is 9.39. The average molecular weight is 555 g/mol. The minimum atomic E-state index is -3.77. The van der Waals surface area contributed by atoms with Crippen molar-refractivity contribution < 1.29 is 18.0 Å². The van der Waals surface area contributed by atoms with Gasteiger partial charge in [0, 0.05) is 12.6 Å². The molecule has 36 heavy (non-hydrogen) atoms. The Morgan fingerprint density at radius 3 is 2.25 bits per heavy atom. The van der Waals surface area contributed by atoms with Crippen LogP contribution < -0.4 is 9.62 Å². The Morgan fingerprint density at radius 2 is 1.67 bits per heavy atom. The Hall–Kier alpha value is -2.29. The smallest absolute Gasteiger partial charge is 0.244 e. The molecule has 0 spiro atoms. The van der Waals surface area contributed by atoms with Crippen molar-refractivity contribution in [2.45, 2.75) is 64.6 Å². The lowest BCUT2D eigenvalue weighted by Crippen LogP contribution is -2.52. The predicted octanol–water partition coefficient (Wildman–Crippen LogP) is 4.93. The number of rotatable bonds is 9. The van der Waals surface area contributed by atoms with Crippen molar-refractivity contribution in [3.63, 3.8) is 0 Å². The van der Waals surface area contributed by atoms with Gasteiger partial charge >= 0.3 is 0 Å². The normalized spacial score (nSPS) is 15.2. The molecule has 1 aliphatic rings. The number of sulfonamides is 1. The first-order valence-electron chi connectivity index (χ1n) is 12.0. The summed E-state index contributed by atoms with van der Waals surface area (Å²) in [7, 11) is -3.77. The topological polar surface area (TPSA) is 86.8 Å². The maximum Gasteiger partial charge on any atom is 0.244 e. The quantitative estimate of drug-likeness (QED) is 0.476. The van der Waals surface area contributed by atoms with Gasteiger partial charge in [-0.1, -0.05) is 66.2 Å². The van der Waals surface area contributed by atoms with Gasteiger partial charge in [0.25, 0.3) is 0 Å². The van der Waals surface area contributed by atoms with E-state index in [0.717, 1.165) is 48.2 Å². The van der Waals surface area contributed by atoms with Crippen molar-refractivity contribution in [3.05, 3.63) is 63.6 Å². The van der Waals surface area contributed by atoms with E-state index >= 15 is 0 Å².